The van der Waals surface area contributed by atoms with Crippen LogP contribution in [0.25, 0.3) is 0 Å². The summed E-state index contributed by atoms with van der Waals surface area (Å²) in [7, 11) is -1.56. The lowest BCUT2D eigenvalue weighted by Crippen LogP contribution is -2.16. The van der Waals surface area contributed by atoms with E-state index in [1.807, 2.05) is 13.0 Å². The molecule has 0 saturated carbocycles. The molecule has 19 heavy (non-hydrogen) atoms. The van der Waals surface area contributed by atoms with Gasteiger partial charge in [-0.25, -0.2) is 8.42 Å². The largest absolute Gasteiger partial charge is 0.497 e. The Hall–Kier alpha value is -1.74. The van der Waals surface area contributed by atoms with Crippen molar-refractivity contribution in [3.05, 3.63) is 23.8 Å². The van der Waals surface area contributed by atoms with Crippen LogP contribution in [-0.4, -0.2) is 33.6 Å². The number of benzene rings is 1. The third kappa shape index (κ3) is 5.18. The Labute approximate surface area is 113 Å². The molecule has 104 valence electrons. The first kappa shape index (κ1) is 15.3. The lowest BCUT2D eigenvalue weighted by molar-refractivity contribution is 0.336. The average Bonchev–Trinajstić information content (AvgIpc) is 2.37. The molecule has 0 amide bonds. The molecule has 0 spiro atoms. The van der Waals surface area contributed by atoms with E-state index >= 15 is 0 Å². The Morgan fingerprint density at radius 3 is 2.47 bits per heavy atom. The van der Waals surface area contributed by atoms with Gasteiger partial charge in [-0.1, -0.05) is 6.92 Å². The topological polar surface area (TPSA) is 76.4 Å². The molecule has 5 nitrogen and oxygen atoms in total. The highest BCUT2D eigenvalue weighted by molar-refractivity contribution is 7.91. The normalized spacial score (nSPS) is 10.8. The summed E-state index contributed by atoms with van der Waals surface area (Å²) in [6, 6.07) is 6.74. The molecule has 0 N–H and O–H groups in total. The van der Waals surface area contributed by atoms with Crippen LogP contribution in [0, 0.1) is 11.3 Å². The number of methoxy groups -OCH3 is 1. The van der Waals surface area contributed by atoms with Crippen molar-refractivity contribution in [3.8, 4) is 17.6 Å². The molecular formula is C13H17NO4S. The van der Waals surface area contributed by atoms with Crippen molar-refractivity contribution >= 4 is 9.84 Å². The van der Waals surface area contributed by atoms with Crippen molar-refractivity contribution in [1.82, 2.24) is 0 Å². The van der Waals surface area contributed by atoms with E-state index in [4.69, 9.17) is 14.7 Å². The lowest BCUT2D eigenvalue weighted by Gasteiger charge is -2.08. The van der Waals surface area contributed by atoms with E-state index in [1.54, 1.807) is 18.2 Å². The van der Waals surface area contributed by atoms with Gasteiger partial charge >= 0.3 is 0 Å². The van der Waals surface area contributed by atoms with Crippen LogP contribution in [0.5, 0.6) is 11.5 Å². The average molecular weight is 283 g/mol. The molecular weight excluding hydrogens is 266 g/mol. The molecule has 0 radical (unpaired) electrons. The molecule has 0 aliphatic rings. The van der Waals surface area contributed by atoms with Crippen LogP contribution in [0.1, 0.15) is 18.9 Å². The van der Waals surface area contributed by atoms with Gasteiger partial charge in [0.25, 0.3) is 0 Å². The van der Waals surface area contributed by atoms with E-state index in [1.165, 1.54) is 7.11 Å². The molecule has 0 atom stereocenters. The van der Waals surface area contributed by atoms with E-state index in [9.17, 15) is 8.42 Å². The molecule has 0 aliphatic carbocycles. The maximum absolute atomic E-state index is 11.5. The zero-order valence-corrected chi connectivity index (χ0v) is 11.9. The third-order valence-corrected chi connectivity index (χ3v) is 4.24. The van der Waals surface area contributed by atoms with E-state index < -0.39 is 9.84 Å². The number of sulfone groups is 1. The van der Waals surface area contributed by atoms with Crippen LogP contribution in [0.2, 0.25) is 0 Å². The van der Waals surface area contributed by atoms with Gasteiger partial charge in [0.1, 0.15) is 18.1 Å². The Morgan fingerprint density at radius 2 is 1.89 bits per heavy atom. The van der Waals surface area contributed by atoms with Crippen molar-refractivity contribution < 1.29 is 17.9 Å². The number of hydrogen-bond acceptors (Lipinski definition) is 5. The molecule has 1 rings (SSSR count). The second-order valence-corrected chi connectivity index (χ2v) is 6.31. The number of hydrogen-bond donors (Lipinski definition) is 0. The van der Waals surface area contributed by atoms with Crippen molar-refractivity contribution in [1.29, 1.82) is 5.26 Å². The summed E-state index contributed by atoms with van der Waals surface area (Å²) in [5, 5.41) is 8.85. The van der Waals surface area contributed by atoms with Gasteiger partial charge in [0, 0.05) is 6.07 Å². The summed E-state index contributed by atoms with van der Waals surface area (Å²) in [6.45, 7) is 1.89. The van der Waals surface area contributed by atoms with Crippen LogP contribution in [0.3, 0.4) is 0 Å². The summed E-state index contributed by atoms with van der Waals surface area (Å²) in [5.74, 6) is 1.07. The van der Waals surface area contributed by atoms with Crippen molar-refractivity contribution in [2.75, 3.05) is 25.2 Å². The minimum Gasteiger partial charge on any atom is -0.497 e. The van der Waals surface area contributed by atoms with E-state index in [2.05, 4.69) is 0 Å². The highest BCUT2D eigenvalue weighted by Crippen LogP contribution is 2.22. The predicted molar refractivity (Wildman–Crippen MR) is 72.1 cm³/mol. The van der Waals surface area contributed by atoms with E-state index in [0.29, 0.717) is 23.5 Å². The smallest absolute Gasteiger partial charge is 0.153 e. The van der Waals surface area contributed by atoms with Gasteiger partial charge in [-0.15, -0.1) is 0 Å². The van der Waals surface area contributed by atoms with Gasteiger partial charge in [0.05, 0.1) is 30.2 Å². The molecule has 0 fully saturated rings. The maximum Gasteiger partial charge on any atom is 0.153 e. The van der Waals surface area contributed by atoms with Gasteiger partial charge in [0.15, 0.2) is 9.84 Å². The Morgan fingerprint density at radius 1 is 1.21 bits per heavy atom. The molecule has 1 aromatic carbocycles. The monoisotopic (exact) mass is 283 g/mol. The third-order valence-electron chi connectivity index (χ3n) is 2.42. The molecule has 0 bridgehead atoms. The first-order valence-corrected chi connectivity index (χ1v) is 7.75. The number of nitriles is 1. The molecule has 0 unspecified atom stereocenters. The highest BCUT2D eigenvalue weighted by atomic mass is 32.2. The SMILES string of the molecule is CCCS(=O)(=O)CCOc1cc(C#N)cc(OC)c1. The van der Waals surface area contributed by atoms with Gasteiger partial charge in [0.2, 0.25) is 0 Å². The molecule has 1 aromatic rings. The standard InChI is InChI=1S/C13H17NO4S/c1-3-5-19(15,16)6-4-18-13-8-11(10-14)7-12(9-13)17-2/h7-9H,3-6H2,1-2H3. The Kier molecular flexibility index (Phi) is 5.64. The number of nitrogens with zero attached hydrogens (tertiary/aromatic N) is 1. The van der Waals surface area contributed by atoms with Crippen LogP contribution < -0.4 is 9.47 Å². The predicted octanol–water partition coefficient (Wildman–Crippen LogP) is 1.77. The molecule has 6 heteroatoms. The summed E-state index contributed by atoms with van der Waals surface area (Å²) in [4.78, 5) is 0. The van der Waals surface area contributed by atoms with Gasteiger partial charge < -0.3 is 9.47 Å². The quantitative estimate of drug-likeness (QED) is 0.762. The second kappa shape index (κ2) is 7.00. The van der Waals surface area contributed by atoms with Crippen LogP contribution >= 0.6 is 0 Å². The minimum atomic E-state index is -3.05. The van der Waals surface area contributed by atoms with Crippen LogP contribution in [0.4, 0.5) is 0 Å². The van der Waals surface area contributed by atoms with E-state index in [0.717, 1.165) is 0 Å². The van der Waals surface area contributed by atoms with Gasteiger partial charge in [-0.05, 0) is 18.6 Å². The second-order valence-electron chi connectivity index (χ2n) is 4.01. The Bertz CT molecular complexity index is 560. The fourth-order valence-electron chi connectivity index (χ4n) is 1.54. The fraction of sp³-hybridized carbons (Fsp3) is 0.462. The highest BCUT2D eigenvalue weighted by Gasteiger charge is 2.10. The molecule has 0 heterocycles. The lowest BCUT2D eigenvalue weighted by atomic mass is 10.2. The molecule has 0 saturated heterocycles. The minimum absolute atomic E-state index is 0.0278. The first-order chi connectivity index (χ1) is 9.00. The van der Waals surface area contributed by atoms with Crippen molar-refractivity contribution in [2.24, 2.45) is 0 Å². The zero-order valence-electron chi connectivity index (χ0n) is 11.0. The van der Waals surface area contributed by atoms with Crippen LogP contribution in [0.15, 0.2) is 18.2 Å². The van der Waals surface area contributed by atoms with Gasteiger partial charge in [-0.3, -0.25) is 0 Å². The number of rotatable bonds is 7. The fourth-order valence-corrected chi connectivity index (χ4v) is 2.70. The molecule has 0 aromatic heterocycles. The maximum atomic E-state index is 11.5. The summed E-state index contributed by atoms with van der Waals surface area (Å²) >= 11 is 0. The first-order valence-electron chi connectivity index (χ1n) is 5.93. The van der Waals surface area contributed by atoms with Crippen molar-refractivity contribution in [2.45, 2.75) is 13.3 Å². The zero-order chi connectivity index (χ0) is 14.3. The van der Waals surface area contributed by atoms with E-state index in [-0.39, 0.29) is 18.1 Å². The van der Waals surface area contributed by atoms with Crippen LogP contribution in [-0.2, 0) is 9.84 Å². The van der Waals surface area contributed by atoms with Gasteiger partial charge in [-0.2, -0.15) is 5.26 Å². The summed E-state index contributed by atoms with van der Waals surface area (Å²) in [6.07, 6.45) is 0.597. The number of ether oxygens (including phenoxy) is 2. The summed E-state index contributed by atoms with van der Waals surface area (Å²) in [5.41, 5.74) is 0.408. The van der Waals surface area contributed by atoms with Crippen molar-refractivity contribution in [3.63, 3.8) is 0 Å². The molecule has 0 aliphatic heterocycles. The summed E-state index contributed by atoms with van der Waals surface area (Å²) < 4.78 is 33.4. The Balaban J connectivity index is 2.66.